The lowest BCUT2D eigenvalue weighted by Crippen LogP contribution is -2.28. The molecule has 2 fully saturated rings. The third-order valence-corrected chi connectivity index (χ3v) is 7.40. The summed E-state index contributed by atoms with van der Waals surface area (Å²) in [5.74, 6) is 1.94. The fraction of sp³-hybridized carbons (Fsp3) is 0.538. The molecule has 0 bridgehead atoms. The summed E-state index contributed by atoms with van der Waals surface area (Å²) >= 11 is 0. The van der Waals surface area contributed by atoms with Gasteiger partial charge in [-0.05, 0) is 80.2 Å². The summed E-state index contributed by atoms with van der Waals surface area (Å²) in [7, 11) is 0. The second-order valence-electron chi connectivity index (χ2n) is 9.16. The maximum absolute atomic E-state index is 15.2. The Kier molecular flexibility index (Phi) is 5.77. The molecular weight excluding hydrogens is 398 g/mol. The van der Waals surface area contributed by atoms with E-state index < -0.39 is 11.6 Å². The summed E-state index contributed by atoms with van der Waals surface area (Å²) < 4.78 is 46.7. The molecule has 1 aliphatic heterocycles. The van der Waals surface area contributed by atoms with Crippen LogP contribution in [0.25, 0.3) is 11.1 Å². The van der Waals surface area contributed by atoms with Crippen molar-refractivity contribution in [3.05, 3.63) is 41.5 Å². The number of halogens is 2. The second kappa shape index (κ2) is 8.68. The van der Waals surface area contributed by atoms with Gasteiger partial charge >= 0.3 is 0 Å². The van der Waals surface area contributed by atoms with Crippen molar-refractivity contribution in [1.29, 1.82) is 0 Å². The van der Waals surface area contributed by atoms with Crippen LogP contribution in [0.5, 0.6) is 17.2 Å². The second-order valence-corrected chi connectivity index (χ2v) is 9.16. The highest BCUT2D eigenvalue weighted by molar-refractivity contribution is 5.77. The van der Waals surface area contributed by atoms with Gasteiger partial charge in [0.1, 0.15) is 6.61 Å². The Morgan fingerprint density at radius 3 is 2.19 bits per heavy atom. The van der Waals surface area contributed by atoms with Gasteiger partial charge in [-0.1, -0.05) is 19.3 Å². The van der Waals surface area contributed by atoms with Crippen molar-refractivity contribution in [3.8, 4) is 28.4 Å². The Bertz CT molecular complexity index is 946. The number of fused-ring (bicyclic) bond motifs is 3. The van der Waals surface area contributed by atoms with Crippen LogP contribution >= 0.6 is 0 Å². The molecule has 31 heavy (non-hydrogen) atoms. The molecule has 0 saturated heterocycles. The standard InChI is InChI=1S/C26H30F2O3/c1-2-29-23-13-11-20-19-10-12-22(24(27)21(19)15-31-26(20)25(23)28)30-14-16-6-8-18(9-7-16)17-4-3-5-17/h10-13,16-18H,2-9,14-15H2,1H3. The highest BCUT2D eigenvalue weighted by Crippen LogP contribution is 2.45. The SMILES string of the molecule is CCOc1ccc2c(c1F)OCc1c-2ccc(OCC2CCC(C3CCC3)CC2)c1F. The summed E-state index contributed by atoms with van der Waals surface area (Å²) in [5, 5.41) is 0. The van der Waals surface area contributed by atoms with E-state index in [2.05, 4.69) is 0 Å². The Morgan fingerprint density at radius 2 is 1.52 bits per heavy atom. The van der Waals surface area contributed by atoms with Gasteiger partial charge in [-0.25, -0.2) is 4.39 Å². The smallest absolute Gasteiger partial charge is 0.207 e. The van der Waals surface area contributed by atoms with Gasteiger partial charge in [-0.2, -0.15) is 4.39 Å². The first kappa shape index (κ1) is 20.6. The van der Waals surface area contributed by atoms with Gasteiger partial charge in [-0.15, -0.1) is 0 Å². The topological polar surface area (TPSA) is 27.7 Å². The number of hydrogen-bond donors (Lipinski definition) is 0. The average Bonchev–Trinajstić information content (AvgIpc) is 2.75. The minimum atomic E-state index is -0.539. The maximum atomic E-state index is 15.2. The van der Waals surface area contributed by atoms with E-state index in [9.17, 15) is 4.39 Å². The average molecular weight is 429 g/mol. The zero-order valence-electron chi connectivity index (χ0n) is 18.1. The van der Waals surface area contributed by atoms with Crippen molar-refractivity contribution in [2.45, 2.75) is 58.5 Å². The van der Waals surface area contributed by atoms with Crippen molar-refractivity contribution >= 4 is 0 Å². The predicted octanol–water partition coefficient (Wildman–Crippen LogP) is 6.91. The molecule has 0 radical (unpaired) electrons. The number of benzene rings is 2. The van der Waals surface area contributed by atoms with Crippen LogP contribution < -0.4 is 14.2 Å². The van der Waals surface area contributed by atoms with Gasteiger partial charge in [0.25, 0.3) is 0 Å². The van der Waals surface area contributed by atoms with E-state index in [1.54, 1.807) is 25.1 Å². The molecule has 3 nitrogen and oxygen atoms in total. The molecule has 5 rings (SSSR count). The quantitative estimate of drug-likeness (QED) is 0.500. The molecule has 0 unspecified atom stereocenters. The fourth-order valence-electron chi connectivity index (χ4n) is 5.35. The molecule has 0 N–H and O–H groups in total. The van der Waals surface area contributed by atoms with Gasteiger partial charge in [0.2, 0.25) is 5.82 Å². The van der Waals surface area contributed by atoms with Crippen molar-refractivity contribution in [2.24, 2.45) is 17.8 Å². The number of ether oxygens (including phenoxy) is 3. The molecule has 1 heterocycles. The zero-order chi connectivity index (χ0) is 21.4. The van der Waals surface area contributed by atoms with Crippen LogP contribution in [0.4, 0.5) is 8.78 Å². The summed E-state index contributed by atoms with van der Waals surface area (Å²) in [5.41, 5.74) is 1.61. The van der Waals surface area contributed by atoms with Gasteiger partial charge in [0.05, 0.1) is 13.2 Å². The van der Waals surface area contributed by atoms with E-state index in [0.717, 1.165) is 11.8 Å². The molecule has 2 aromatic rings. The summed E-state index contributed by atoms with van der Waals surface area (Å²) in [4.78, 5) is 0. The van der Waals surface area contributed by atoms with Gasteiger partial charge < -0.3 is 14.2 Å². The largest absolute Gasteiger partial charge is 0.491 e. The monoisotopic (exact) mass is 428 g/mol. The first-order valence-electron chi connectivity index (χ1n) is 11.7. The lowest BCUT2D eigenvalue weighted by Gasteiger charge is -2.38. The van der Waals surface area contributed by atoms with Gasteiger partial charge in [0, 0.05) is 11.1 Å². The van der Waals surface area contributed by atoms with E-state index in [1.807, 2.05) is 6.07 Å². The molecule has 2 aromatic carbocycles. The molecule has 0 amide bonds. The Hall–Kier alpha value is -2.30. The minimum Gasteiger partial charge on any atom is -0.491 e. The molecular formula is C26H30F2O3. The van der Waals surface area contributed by atoms with Crippen molar-refractivity contribution in [2.75, 3.05) is 13.2 Å². The lowest BCUT2D eigenvalue weighted by molar-refractivity contribution is 0.115. The van der Waals surface area contributed by atoms with Crippen LogP contribution in [0.1, 0.15) is 57.4 Å². The molecule has 0 aromatic heterocycles. The highest BCUT2D eigenvalue weighted by atomic mass is 19.1. The number of rotatable bonds is 6. The first-order valence-corrected chi connectivity index (χ1v) is 11.7. The molecule has 0 atom stereocenters. The maximum Gasteiger partial charge on any atom is 0.207 e. The normalized spacial score (nSPS) is 22.7. The van der Waals surface area contributed by atoms with Crippen LogP contribution in [-0.2, 0) is 6.61 Å². The Morgan fingerprint density at radius 1 is 0.839 bits per heavy atom. The summed E-state index contributed by atoms with van der Waals surface area (Å²) in [6.45, 7) is 2.69. The summed E-state index contributed by atoms with van der Waals surface area (Å²) in [6.07, 6.45) is 9.14. The Balaban J connectivity index is 1.27. The van der Waals surface area contributed by atoms with Crippen LogP contribution in [0.2, 0.25) is 0 Å². The molecule has 2 aliphatic carbocycles. The molecule has 2 saturated carbocycles. The third-order valence-electron chi connectivity index (χ3n) is 7.40. The van der Waals surface area contributed by atoms with Crippen LogP contribution in [0.3, 0.4) is 0 Å². The van der Waals surface area contributed by atoms with E-state index in [1.165, 1.54) is 44.9 Å². The van der Waals surface area contributed by atoms with E-state index in [4.69, 9.17) is 14.2 Å². The first-order chi connectivity index (χ1) is 15.2. The fourth-order valence-corrected chi connectivity index (χ4v) is 5.35. The van der Waals surface area contributed by atoms with Crippen molar-refractivity contribution < 1.29 is 23.0 Å². The van der Waals surface area contributed by atoms with Crippen LogP contribution in [-0.4, -0.2) is 13.2 Å². The molecule has 0 spiro atoms. The highest BCUT2D eigenvalue weighted by Gasteiger charge is 2.31. The van der Waals surface area contributed by atoms with Crippen LogP contribution in [0.15, 0.2) is 24.3 Å². The minimum absolute atomic E-state index is 0.0235. The Labute approximate surface area is 182 Å². The molecule has 5 heteroatoms. The molecule has 166 valence electrons. The zero-order valence-corrected chi connectivity index (χ0v) is 18.1. The van der Waals surface area contributed by atoms with Crippen molar-refractivity contribution in [3.63, 3.8) is 0 Å². The lowest BCUT2D eigenvalue weighted by atomic mass is 9.68. The van der Waals surface area contributed by atoms with Gasteiger partial charge in [0.15, 0.2) is 23.1 Å². The van der Waals surface area contributed by atoms with Crippen LogP contribution in [0, 0.1) is 29.4 Å². The van der Waals surface area contributed by atoms with E-state index >= 15 is 4.39 Å². The predicted molar refractivity (Wildman–Crippen MR) is 116 cm³/mol. The summed E-state index contributed by atoms with van der Waals surface area (Å²) in [6, 6.07) is 6.76. The van der Waals surface area contributed by atoms with E-state index in [0.29, 0.717) is 35.8 Å². The molecule has 3 aliphatic rings. The van der Waals surface area contributed by atoms with Gasteiger partial charge in [-0.3, -0.25) is 0 Å². The third kappa shape index (κ3) is 3.88. The number of hydrogen-bond acceptors (Lipinski definition) is 3. The van der Waals surface area contributed by atoms with Crippen molar-refractivity contribution in [1.82, 2.24) is 0 Å². The van der Waals surface area contributed by atoms with E-state index in [-0.39, 0.29) is 23.9 Å².